The number of amides is 1. The van der Waals surface area contributed by atoms with Crippen molar-refractivity contribution in [2.24, 2.45) is 10.7 Å². The highest BCUT2D eigenvalue weighted by Crippen LogP contribution is 2.44. The first-order chi connectivity index (χ1) is 20.6. The fourth-order valence-corrected chi connectivity index (χ4v) is 4.62. The van der Waals surface area contributed by atoms with Crippen molar-refractivity contribution in [1.82, 2.24) is 9.80 Å². The molecule has 2 aromatic rings. The molecule has 2 aromatic carbocycles. The van der Waals surface area contributed by atoms with E-state index in [9.17, 15) is 35.5 Å². The SMILES string of the molecule is CC(C)N(C(=O)Oc1c(C(C=NCCN2CCN(CCO)CC2)=CN)cc(C(F)(F)F)cc1C(F)(F)F)c1ccc(F)cc1. The molecule has 0 saturated carbocycles. The number of anilines is 1. The molecule has 0 atom stereocenters. The van der Waals surface area contributed by atoms with Crippen LogP contribution in [0.3, 0.4) is 0 Å². The van der Waals surface area contributed by atoms with Gasteiger partial charge in [0.25, 0.3) is 0 Å². The molecule has 1 aliphatic heterocycles. The van der Waals surface area contributed by atoms with E-state index in [2.05, 4.69) is 14.8 Å². The second-order valence-corrected chi connectivity index (χ2v) is 10.3. The highest BCUT2D eigenvalue weighted by atomic mass is 19.4. The predicted octanol–water partition coefficient (Wildman–Crippen LogP) is 5.26. The second kappa shape index (κ2) is 14.9. The van der Waals surface area contributed by atoms with E-state index in [0.29, 0.717) is 32.2 Å². The number of carbonyl (C=O) groups excluding carboxylic acids is 1. The zero-order chi connectivity index (χ0) is 32.7. The number of hydrogen-bond donors (Lipinski definition) is 2. The van der Waals surface area contributed by atoms with Gasteiger partial charge in [-0.1, -0.05) is 0 Å². The molecule has 15 heteroatoms. The maximum absolute atomic E-state index is 14.2. The van der Waals surface area contributed by atoms with Crippen molar-refractivity contribution in [2.75, 3.05) is 57.3 Å². The predicted molar refractivity (Wildman–Crippen MR) is 152 cm³/mol. The van der Waals surface area contributed by atoms with Gasteiger partial charge in [0, 0.05) is 74.5 Å². The van der Waals surface area contributed by atoms with Crippen LogP contribution >= 0.6 is 0 Å². The first-order valence-corrected chi connectivity index (χ1v) is 13.7. The van der Waals surface area contributed by atoms with Crippen LogP contribution in [0.5, 0.6) is 5.75 Å². The summed E-state index contributed by atoms with van der Waals surface area (Å²) in [6, 6.07) is 4.06. The summed E-state index contributed by atoms with van der Waals surface area (Å²) in [5, 5.41) is 9.07. The Hall–Kier alpha value is -3.69. The van der Waals surface area contributed by atoms with Crippen LogP contribution in [0, 0.1) is 5.82 Å². The highest BCUT2D eigenvalue weighted by molar-refractivity contribution is 6.11. The zero-order valence-corrected chi connectivity index (χ0v) is 24.1. The molecular formula is C29H34F7N5O3. The van der Waals surface area contributed by atoms with Crippen molar-refractivity contribution in [3.05, 3.63) is 65.1 Å². The molecule has 44 heavy (non-hydrogen) atoms. The molecule has 1 heterocycles. The number of nitrogens with two attached hydrogens (primary N) is 1. The van der Waals surface area contributed by atoms with Gasteiger partial charge in [0.05, 0.1) is 24.3 Å². The van der Waals surface area contributed by atoms with Gasteiger partial charge in [-0.3, -0.25) is 19.7 Å². The van der Waals surface area contributed by atoms with Gasteiger partial charge >= 0.3 is 18.4 Å². The average Bonchev–Trinajstić information content (AvgIpc) is 2.94. The van der Waals surface area contributed by atoms with E-state index in [1.807, 2.05) is 0 Å². The molecule has 0 spiro atoms. The number of β-amino-alcohol motifs (C(OH)–C–C–N with tert-alkyl or cyclic N) is 1. The van der Waals surface area contributed by atoms with Crippen LogP contribution < -0.4 is 15.4 Å². The number of halogens is 7. The number of aliphatic imine (C=N–C) groups is 1. The number of nitrogens with zero attached hydrogens (tertiary/aromatic N) is 4. The summed E-state index contributed by atoms with van der Waals surface area (Å²) < 4.78 is 103. The van der Waals surface area contributed by atoms with Crippen molar-refractivity contribution in [2.45, 2.75) is 32.2 Å². The lowest BCUT2D eigenvalue weighted by Crippen LogP contribution is -2.47. The Bertz CT molecular complexity index is 1320. The quantitative estimate of drug-likeness (QED) is 0.274. The van der Waals surface area contributed by atoms with Gasteiger partial charge in [-0.05, 0) is 50.2 Å². The van der Waals surface area contributed by atoms with E-state index in [1.165, 1.54) is 26.0 Å². The normalized spacial score (nSPS) is 15.8. The third kappa shape index (κ3) is 9.16. The maximum Gasteiger partial charge on any atom is 0.420 e. The molecule has 0 aliphatic carbocycles. The topological polar surface area (TPSA) is 94.6 Å². The number of allylic oxidation sites excluding steroid dienone is 1. The van der Waals surface area contributed by atoms with Crippen molar-refractivity contribution in [3.8, 4) is 5.75 Å². The lowest BCUT2D eigenvalue weighted by molar-refractivity contribution is -0.143. The molecule has 242 valence electrons. The van der Waals surface area contributed by atoms with E-state index in [4.69, 9.17) is 15.6 Å². The van der Waals surface area contributed by atoms with Crippen molar-refractivity contribution in [1.29, 1.82) is 0 Å². The Kier molecular flexibility index (Phi) is 11.8. The summed E-state index contributed by atoms with van der Waals surface area (Å²) in [5.41, 5.74) is 1.20. The Balaban J connectivity index is 1.98. The first kappa shape index (κ1) is 34.8. The van der Waals surface area contributed by atoms with Crippen LogP contribution in [0.15, 0.2) is 47.6 Å². The van der Waals surface area contributed by atoms with Gasteiger partial charge in [0.1, 0.15) is 5.82 Å². The highest BCUT2D eigenvalue weighted by Gasteiger charge is 2.42. The standard InChI is InChI=1S/C29H34F7N5O3/c1-19(2)41(23-5-3-22(30)4-6-23)27(43)44-26-24(15-21(28(31,32)33)16-25(26)29(34,35)36)20(17-37)18-38-7-8-39-9-11-40(12-10-39)13-14-42/h3-6,15-19,42H,7-14,37H2,1-2H3. The number of alkyl halides is 6. The van der Waals surface area contributed by atoms with E-state index in [0.717, 1.165) is 42.5 Å². The number of aliphatic hydroxyl groups is 1. The molecule has 1 amide bonds. The smallest absolute Gasteiger partial charge is 0.409 e. The third-order valence-electron chi connectivity index (χ3n) is 6.88. The minimum Gasteiger partial charge on any atom is -0.409 e. The summed E-state index contributed by atoms with van der Waals surface area (Å²) in [7, 11) is 0. The van der Waals surface area contributed by atoms with Crippen molar-refractivity contribution in [3.63, 3.8) is 0 Å². The summed E-state index contributed by atoms with van der Waals surface area (Å²) in [6.45, 7) is 7.09. The fourth-order valence-electron chi connectivity index (χ4n) is 4.62. The number of ether oxygens (including phenoxy) is 1. The number of piperazine rings is 1. The Morgan fingerprint density at radius 2 is 1.61 bits per heavy atom. The van der Waals surface area contributed by atoms with E-state index in [-0.39, 0.29) is 30.5 Å². The van der Waals surface area contributed by atoms with Gasteiger partial charge < -0.3 is 15.6 Å². The molecule has 1 fully saturated rings. The van der Waals surface area contributed by atoms with Crippen LogP contribution in [0.2, 0.25) is 0 Å². The maximum atomic E-state index is 14.2. The minimum absolute atomic E-state index is 0.0448. The number of aliphatic hydroxyl groups excluding tert-OH is 1. The van der Waals surface area contributed by atoms with Gasteiger partial charge in [-0.2, -0.15) is 26.3 Å². The van der Waals surface area contributed by atoms with Crippen LogP contribution in [0.1, 0.15) is 30.5 Å². The number of carbonyl (C=O) groups is 1. The lowest BCUT2D eigenvalue weighted by atomic mass is 9.98. The molecule has 1 saturated heterocycles. The summed E-state index contributed by atoms with van der Waals surface area (Å²) >= 11 is 0. The van der Waals surface area contributed by atoms with Gasteiger partial charge in [-0.15, -0.1) is 0 Å². The van der Waals surface area contributed by atoms with Crippen molar-refractivity contribution < 1.29 is 45.4 Å². The van der Waals surface area contributed by atoms with Crippen LogP contribution in [-0.2, 0) is 12.4 Å². The number of hydrogen-bond acceptors (Lipinski definition) is 7. The van der Waals surface area contributed by atoms with Gasteiger partial charge in [-0.25, -0.2) is 9.18 Å². The molecular weight excluding hydrogens is 599 g/mol. The molecule has 1 aliphatic rings. The molecule has 0 bridgehead atoms. The van der Waals surface area contributed by atoms with Crippen molar-refractivity contribution >= 4 is 23.6 Å². The molecule has 8 nitrogen and oxygen atoms in total. The molecule has 3 N–H and O–H groups in total. The van der Waals surface area contributed by atoms with Crippen LogP contribution in [0.4, 0.5) is 41.2 Å². The summed E-state index contributed by atoms with van der Waals surface area (Å²) in [5.74, 6) is -1.82. The van der Waals surface area contributed by atoms with Crippen LogP contribution in [0.25, 0.3) is 5.57 Å². The van der Waals surface area contributed by atoms with Gasteiger partial charge in [0.2, 0.25) is 0 Å². The summed E-state index contributed by atoms with van der Waals surface area (Å²) in [6.07, 6.45) is -10.1. The molecule has 3 rings (SSSR count). The Morgan fingerprint density at radius 3 is 2.11 bits per heavy atom. The van der Waals surface area contributed by atoms with Crippen LogP contribution in [-0.4, -0.2) is 85.7 Å². The largest absolute Gasteiger partial charge is 0.420 e. The zero-order valence-electron chi connectivity index (χ0n) is 24.1. The first-order valence-electron chi connectivity index (χ1n) is 13.7. The molecule has 0 unspecified atom stereocenters. The Labute approximate surface area is 250 Å². The monoisotopic (exact) mass is 633 g/mol. The van der Waals surface area contributed by atoms with E-state index < -0.39 is 52.7 Å². The average molecular weight is 634 g/mol. The number of rotatable bonds is 10. The van der Waals surface area contributed by atoms with E-state index in [1.54, 1.807) is 0 Å². The second-order valence-electron chi connectivity index (χ2n) is 10.3. The molecule has 0 aromatic heterocycles. The lowest BCUT2D eigenvalue weighted by Gasteiger charge is -2.33. The molecule has 0 radical (unpaired) electrons. The van der Waals surface area contributed by atoms with Gasteiger partial charge in [0.15, 0.2) is 5.75 Å². The van der Waals surface area contributed by atoms with E-state index >= 15 is 0 Å². The Morgan fingerprint density at radius 1 is 1.02 bits per heavy atom. The fraction of sp³-hybridized carbons (Fsp3) is 0.448. The third-order valence-corrected chi connectivity index (χ3v) is 6.88. The number of benzene rings is 2. The summed E-state index contributed by atoms with van der Waals surface area (Å²) in [4.78, 5) is 22.5. The minimum atomic E-state index is -5.36.